The molecule has 0 heterocycles. The number of rotatable bonds is 3. The lowest BCUT2D eigenvalue weighted by Gasteiger charge is -2.10. The summed E-state index contributed by atoms with van der Waals surface area (Å²) in [5.41, 5.74) is 0.183. The van der Waals surface area contributed by atoms with Crippen LogP contribution in [0.15, 0.2) is 30.3 Å². The van der Waals surface area contributed by atoms with Crippen molar-refractivity contribution in [1.82, 2.24) is 0 Å². The summed E-state index contributed by atoms with van der Waals surface area (Å²) in [6.45, 7) is 0. The van der Waals surface area contributed by atoms with Crippen molar-refractivity contribution in [1.29, 1.82) is 0 Å². The van der Waals surface area contributed by atoms with Gasteiger partial charge >= 0.3 is 5.97 Å². The topological polar surface area (TPSA) is 60.4 Å². The van der Waals surface area contributed by atoms with Gasteiger partial charge in [0.05, 0.1) is 0 Å². The van der Waals surface area contributed by atoms with Crippen LogP contribution in [0.2, 0.25) is 0 Å². The van der Waals surface area contributed by atoms with Gasteiger partial charge in [-0.15, -0.1) is 0 Å². The van der Waals surface area contributed by atoms with E-state index in [4.69, 9.17) is 0 Å². The van der Waals surface area contributed by atoms with Crippen LogP contribution in [0.1, 0.15) is 10.8 Å². The fourth-order valence-electron chi connectivity index (χ4n) is 1.23. The molecule has 1 unspecified atom stereocenters. The highest BCUT2D eigenvalue weighted by Crippen LogP contribution is 2.22. The van der Waals surface area contributed by atoms with E-state index in [1.54, 1.807) is 18.2 Å². The molecule has 1 aromatic rings. The van der Waals surface area contributed by atoms with Crippen molar-refractivity contribution in [2.75, 3.05) is 6.26 Å². The van der Waals surface area contributed by atoms with Crippen molar-refractivity contribution < 1.29 is 22.7 Å². The molecule has 15 heavy (non-hydrogen) atoms. The zero-order chi connectivity index (χ0) is 11.5. The predicted octanol–water partition coefficient (Wildman–Crippen LogP) is 1.20. The van der Waals surface area contributed by atoms with Crippen molar-refractivity contribution in [3.63, 3.8) is 0 Å². The van der Waals surface area contributed by atoms with E-state index in [2.05, 4.69) is 4.94 Å². The summed E-state index contributed by atoms with van der Waals surface area (Å²) in [6.07, 6.45) is 0.849. The third-order valence-corrected chi connectivity index (χ3v) is 3.14. The van der Waals surface area contributed by atoms with Crippen molar-refractivity contribution in [2.24, 2.45) is 0 Å². The molecule has 0 aliphatic heterocycles. The van der Waals surface area contributed by atoms with Crippen molar-refractivity contribution in [3.8, 4) is 0 Å². The Morgan fingerprint density at radius 2 is 1.87 bits per heavy atom. The zero-order valence-corrected chi connectivity index (χ0v) is 8.70. The summed E-state index contributed by atoms with van der Waals surface area (Å²) in [5.74, 6) is -1.43. The molecular weight excluding hydrogens is 223 g/mol. The van der Waals surface area contributed by atoms with E-state index in [1.165, 1.54) is 12.1 Å². The van der Waals surface area contributed by atoms with Crippen LogP contribution >= 0.6 is 0 Å². The van der Waals surface area contributed by atoms with Gasteiger partial charge < -0.3 is 0 Å². The lowest BCUT2D eigenvalue weighted by Crippen LogP contribution is -2.21. The van der Waals surface area contributed by atoms with Crippen molar-refractivity contribution in [3.05, 3.63) is 35.9 Å². The van der Waals surface area contributed by atoms with Crippen LogP contribution in [0.5, 0.6) is 0 Å². The van der Waals surface area contributed by atoms with E-state index in [0.717, 1.165) is 6.26 Å². The zero-order valence-electron chi connectivity index (χ0n) is 7.88. The molecule has 0 N–H and O–H groups in total. The van der Waals surface area contributed by atoms with Crippen LogP contribution in [-0.2, 0) is 19.6 Å². The van der Waals surface area contributed by atoms with Gasteiger partial charge in [-0.1, -0.05) is 30.3 Å². The Balaban J connectivity index is 3.20. The molecule has 0 amide bonds. The summed E-state index contributed by atoms with van der Waals surface area (Å²) >= 11 is 0. The minimum absolute atomic E-state index is 0.183. The van der Waals surface area contributed by atoms with E-state index in [1.807, 2.05) is 0 Å². The van der Waals surface area contributed by atoms with Gasteiger partial charge in [0.2, 0.25) is 0 Å². The number of carbonyl (C=O) groups is 1. The fourth-order valence-corrected chi connectivity index (χ4v) is 2.26. The van der Waals surface area contributed by atoms with Crippen LogP contribution in [-0.4, -0.2) is 20.6 Å². The third kappa shape index (κ3) is 2.76. The van der Waals surface area contributed by atoms with Gasteiger partial charge in [0.15, 0.2) is 15.1 Å². The van der Waals surface area contributed by atoms with Gasteiger partial charge in [0.1, 0.15) is 0 Å². The average Bonchev–Trinajstić information content (AvgIpc) is 2.17. The molecule has 1 rings (SSSR count). The van der Waals surface area contributed by atoms with E-state index in [-0.39, 0.29) is 5.56 Å². The largest absolute Gasteiger partial charge is 0.371 e. The number of sulfone groups is 1. The second-order valence-electron chi connectivity index (χ2n) is 3.02. The minimum atomic E-state index is -3.74. The van der Waals surface area contributed by atoms with Gasteiger partial charge in [-0.05, 0) is 5.56 Å². The molecule has 0 radical (unpaired) electrons. The van der Waals surface area contributed by atoms with Crippen LogP contribution in [0.4, 0.5) is 4.53 Å². The fraction of sp³-hybridized carbons (Fsp3) is 0.222. The van der Waals surface area contributed by atoms with Crippen LogP contribution < -0.4 is 0 Å². The van der Waals surface area contributed by atoms with E-state index in [0.29, 0.717) is 0 Å². The van der Waals surface area contributed by atoms with Gasteiger partial charge in [-0.25, -0.2) is 13.2 Å². The smallest absolute Gasteiger partial charge is 0.253 e. The molecule has 0 aromatic heterocycles. The molecule has 1 aromatic carbocycles. The van der Waals surface area contributed by atoms with Crippen molar-refractivity contribution >= 4 is 15.8 Å². The lowest BCUT2D eigenvalue weighted by atomic mass is 10.1. The number of hydrogen-bond donors (Lipinski definition) is 0. The van der Waals surface area contributed by atoms with E-state index < -0.39 is 21.1 Å². The first kappa shape index (κ1) is 11.6. The monoisotopic (exact) mass is 232 g/mol. The Bertz CT molecular complexity index is 440. The Kier molecular flexibility index (Phi) is 3.41. The maximum atomic E-state index is 11.7. The molecule has 0 aliphatic rings. The molecular formula is C9H9FO4S. The highest BCUT2D eigenvalue weighted by atomic mass is 32.2. The third-order valence-electron chi connectivity index (χ3n) is 1.82. The molecule has 1 atom stereocenters. The first-order chi connectivity index (χ1) is 6.96. The molecule has 0 saturated heterocycles. The summed E-state index contributed by atoms with van der Waals surface area (Å²) in [4.78, 5) is 14.0. The second-order valence-corrected chi connectivity index (χ2v) is 5.15. The predicted molar refractivity (Wildman–Crippen MR) is 51.2 cm³/mol. The number of benzene rings is 1. The summed E-state index contributed by atoms with van der Waals surface area (Å²) < 4.78 is 34.3. The standard InChI is InChI=1S/C9H9FO4S/c1-15(12,13)8(9(11)14-10)7-5-3-2-4-6-7/h2-6,8H,1H3. The minimum Gasteiger partial charge on any atom is -0.253 e. The SMILES string of the molecule is CS(=O)(=O)C(C(=O)OF)c1ccccc1. The average molecular weight is 232 g/mol. The normalized spacial score (nSPS) is 13.2. The molecule has 0 saturated carbocycles. The number of carbonyl (C=O) groups excluding carboxylic acids is 1. The molecule has 0 spiro atoms. The molecule has 0 aliphatic carbocycles. The molecule has 4 nitrogen and oxygen atoms in total. The van der Waals surface area contributed by atoms with Crippen LogP contribution in [0.25, 0.3) is 0 Å². The maximum Gasteiger partial charge on any atom is 0.371 e. The first-order valence-corrected chi connectivity index (χ1v) is 5.98. The van der Waals surface area contributed by atoms with Gasteiger partial charge in [0.25, 0.3) is 0 Å². The number of hydrogen-bond acceptors (Lipinski definition) is 4. The molecule has 82 valence electrons. The van der Waals surface area contributed by atoms with Gasteiger partial charge in [-0.3, -0.25) is 4.94 Å². The van der Waals surface area contributed by atoms with Gasteiger partial charge in [0, 0.05) is 10.8 Å². The summed E-state index contributed by atoms with van der Waals surface area (Å²) in [5, 5.41) is -1.61. The quantitative estimate of drug-likeness (QED) is 0.785. The van der Waals surface area contributed by atoms with Crippen molar-refractivity contribution in [2.45, 2.75) is 5.25 Å². The lowest BCUT2D eigenvalue weighted by molar-refractivity contribution is -0.183. The second kappa shape index (κ2) is 4.39. The Labute approximate surface area is 86.5 Å². The number of halogens is 1. The van der Waals surface area contributed by atoms with E-state index >= 15 is 0 Å². The van der Waals surface area contributed by atoms with Crippen LogP contribution in [0.3, 0.4) is 0 Å². The molecule has 0 fully saturated rings. The van der Waals surface area contributed by atoms with E-state index in [9.17, 15) is 17.7 Å². The Morgan fingerprint density at radius 1 is 1.33 bits per heavy atom. The Morgan fingerprint density at radius 3 is 2.27 bits per heavy atom. The summed E-state index contributed by atoms with van der Waals surface area (Å²) in [6, 6.07) is 7.60. The highest BCUT2D eigenvalue weighted by molar-refractivity contribution is 7.91. The maximum absolute atomic E-state index is 11.7. The molecule has 0 bridgehead atoms. The highest BCUT2D eigenvalue weighted by Gasteiger charge is 2.32. The van der Waals surface area contributed by atoms with Crippen LogP contribution in [0, 0.1) is 0 Å². The van der Waals surface area contributed by atoms with Gasteiger partial charge in [-0.2, -0.15) is 0 Å². The molecule has 6 heteroatoms. The summed E-state index contributed by atoms with van der Waals surface area (Å²) in [7, 11) is -3.74. The Hall–Kier alpha value is -1.43. The first-order valence-electron chi connectivity index (χ1n) is 4.03.